The van der Waals surface area contributed by atoms with Gasteiger partial charge in [-0.05, 0) is 58.9 Å². The zero-order valence-electron chi connectivity index (χ0n) is 19.0. The van der Waals surface area contributed by atoms with E-state index in [-0.39, 0.29) is 27.8 Å². The van der Waals surface area contributed by atoms with Crippen molar-refractivity contribution in [1.82, 2.24) is 0 Å². The molecule has 0 aliphatic heterocycles. The normalized spacial score (nSPS) is 12.9. The highest BCUT2D eigenvalue weighted by molar-refractivity contribution is 6.09. The first-order valence-corrected chi connectivity index (χ1v) is 10.0. The lowest BCUT2D eigenvalue weighted by atomic mass is 9.78. The third-order valence-electron chi connectivity index (χ3n) is 4.89. The van der Waals surface area contributed by atoms with Gasteiger partial charge >= 0.3 is 6.18 Å². The molecule has 2 aromatic carbocycles. The number of rotatable bonds is 3. The van der Waals surface area contributed by atoms with E-state index in [0.717, 1.165) is 24.3 Å². The molecule has 0 aliphatic carbocycles. The summed E-state index contributed by atoms with van der Waals surface area (Å²) in [5, 5.41) is 22.8. The van der Waals surface area contributed by atoms with Gasteiger partial charge < -0.3 is 10.4 Å². The Morgan fingerprint density at radius 3 is 1.81 bits per heavy atom. The molecule has 0 unspecified atom stereocenters. The third-order valence-corrected chi connectivity index (χ3v) is 4.89. The largest absolute Gasteiger partial charge is 0.507 e. The van der Waals surface area contributed by atoms with Crippen molar-refractivity contribution in [2.75, 3.05) is 5.32 Å². The van der Waals surface area contributed by atoms with Crippen LogP contribution in [-0.4, -0.2) is 11.0 Å². The average molecular weight is 444 g/mol. The van der Waals surface area contributed by atoms with Crippen LogP contribution in [0.25, 0.3) is 6.08 Å². The van der Waals surface area contributed by atoms with Crippen molar-refractivity contribution >= 4 is 17.7 Å². The summed E-state index contributed by atoms with van der Waals surface area (Å²) in [6, 6.07) is 9.28. The van der Waals surface area contributed by atoms with Crippen LogP contribution in [0.3, 0.4) is 0 Å². The number of carbonyl (C=O) groups is 1. The molecule has 0 saturated heterocycles. The smallest absolute Gasteiger partial charge is 0.416 e. The predicted molar refractivity (Wildman–Crippen MR) is 119 cm³/mol. The number of anilines is 1. The number of phenolic OH excluding ortho intramolecular Hbond substituents is 1. The Balaban J connectivity index is 2.44. The summed E-state index contributed by atoms with van der Waals surface area (Å²) in [5.74, 6) is -0.565. The van der Waals surface area contributed by atoms with E-state index in [4.69, 9.17) is 0 Å². The summed E-state index contributed by atoms with van der Waals surface area (Å²) in [6.07, 6.45) is -3.07. The van der Waals surface area contributed by atoms with Gasteiger partial charge in [-0.1, -0.05) is 41.5 Å². The molecule has 2 N–H and O–H groups in total. The van der Waals surface area contributed by atoms with Crippen LogP contribution in [0.2, 0.25) is 0 Å². The predicted octanol–water partition coefficient (Wildman–Crippen LogP) is 6.55. The van der Waals surface area contributed by atoms with Crippen molar-refractivity contribution in [1.29, 1.82) is 5.26 Å². The lowest BCUT2D eigenvalue weighted by molar-refractivity contribution is -0.137. The first kappa shape index (κ1) is 25.0. The minimum absolute atomic E-state index is 0.139. The van der Waals surface area contributed by atoms with Gasteiger partial charge in [-0.3, -0.25) is 4.79 Å². The SMILES string of the molecule is CC(C)(C)c1cc(C=C(C#N)C(=O)Nc2ccc(C(F)(F)F)cc2)cc(C(C)(C)C)c1O. The molecule has 0 spiro atoms. The van der Waals surface area contributed by atoms with Crippen molar-refractivity contribution < 1.29 is 23.1 Å². The third kappa shape index (κ3) is 5.91. The number of benzene rings is 2. The number of hydrogen-bond acceptors (Lipinski definition) is 3. The van der Waals surface area contributed by atoms with Crippen LogP contribution in [0.1, 0.15) is 63.8 Å². The Labute approximate surface area is 186 Å². The molecule has 2 aromatic rings. The van der Waals surface area contributed by atoms with E-state index in [0.29, 0.717) is 16.7 Å². The molecule has 4 nitrogen and oxygen atoms in total. The second-order valence-electron chi connectivity index (χ2n) is 9.66. The molecule has 0 saturated carbocycles. The van der Waals surface area contributed by atoms with Gasteiger partial charge in [0.15, 0.2) is 0 Å². The molecule has 0 atom stereocenters. The topological polar surface area (TPSA) is 73.1 Å². The minimum Gasteiger partial charge on any atom is -0.507 e. The molecule has 0 bridgehead atoms. The lowest BCUT2D eigenvalue weighted by Crippen LogP contribution is -2.18. The highest BCUT2D eigenvalue weighted by atomic mass is 19.4. The van der Waals surface area contributed by atoms with Crippen molar-refractivity contribution in [3.05, 3.63) is 64.2 Å². The highest BCUT2D eigenvalue weighted by Crippen LogP contribution is 2.40. The quantitative estimate of drug-likeness (QED) is 0.416. The fourth-order valence-electron chi connectivity index (χ4n) is 3.14. The number of nitrogens with one attached hydrogen (secondary N) is 1. The number of nitrogens with zero attached hydrogens (tertiary/aromatic N) is 1. The maximum atomic E-state index is 12.7. The van der Waals surface area contributed by atoms with Gasteiger partial charge in [-0.15, -0.1) is 0 Å². The summed E-state index contributed by atoms with van der Waals surface area (Å²) in [5.41, 5.74) is 0.243. The zero-order chi connectivity index (χ0) is 24.5. The first-order chi connectivity index (χ1) is 14.5. The van der Waals surface area contributed by atoms with Crippen molar-refractivity contribution in [2.24, 2.45) is 0 Å². The van der Waals surface area contributed by atoms with Gasteiger partial charge in [-0.2, -0.15) is 18.4 Å². The molecule has 0 aromatic heterocycles. The van der Waals surface area contributed by atoms with Gasteiger partial charge in [0.25, 0.3) is 5.91 Å². The maximum Gasteiger partial charge on any atom is 0.416 e. The van der Waals surface area contributed by atoms with E-state index in [1.165, 1.54) is 6.08 Å². The van der Waals surface area contributed by atoms with Gasteiger partial charge in [0.2, 0.25) is 0 Å². The van der Waals surface area contributed by atoms with Gasteiger partial charge in [0.1, 0.15) is 17.4 Å². The molecule has 7 heteroatoms. The fraction of sp³-hybridized carbons (Fsp3) is 0.360. The second-order valence-corrected chi connectivity index (χ2v) is 9.66. The van der Waals surface area contributed by atoms with E-state index in [1.807, 2.05) is 47.6 Å². The Hall–Kier alpha value is -3.27. The number of carbonyl (C=O) groups excluding carboxylic acids is 1. The van der Waals surface area contributed by atoms with Crippen LogP contribution in [0.4, 0.5) is 18.9 Å². The van der Waals surface area contributed by atoms with E-state index in [2.05, 4.69) is 5.32 Å². The number of alkyl halides is 3. The van der Waals surface area contributed by atoms with Crippen LogP contribution in [0.5, 0.6) is 5.75 Å². The monoisotopic (exact) mass is 444 g/mol. The number of halogens is 3. The minimum atomic E-state index is -4.48. The van der Waals surface area contributed by atoms with Crippen LogP contribution >= 0.6 is 0 Å². The Morgan fingerprint density at radius 1 is 0.969 bits per heavy atom. The molecule has 0 radical (unpaired) electrons. The van der Waals surface area contributed by atoms with E-state index >= 15 is 0 Å². The summed E-state index contributed by atoms with van der Waals surface area (Å²) in [7, 11) is 0. The molecular formula is C25H27F3N2O2. The summed E-state index contributed by atoms with van der Waals surface area (Å²) < 4.78 is 38.1. The van der Waals surface area contributed by atoms with Crippen LogP contribution < -0.4 is 5.32 Å². The Kier molecular flexibility index (Phi) is 6.79. The Morgan fingerprint density at radius 2 is 1.44 bits per heavy atom. The molecule has 0 fully saturated rings. The maximum absolute atomic E-state index is 12.7. The second kappa shape index (κ2) is 8.70. The van der Waals surface area contributed by atoms with Crippen molar-refractivity contribution in [3.63, 3.8) is 0 Å². The lowest BCUT2D eigenvalue weighted by Gasteiger charge is -2.28. The van der Waals surface area contributed by atoms with E-state index < -0.39 is 17.6 Å². The summed E-state index contributed by atoms with van der Waals surface area (Å²) in [4.78, 5) is 12.6. The van der Waals surface area contributed by atoms with Gasteiger partial charge in [0.05, 0.1) is 5.56 Å². The van der Waals surface area contributed by atoms with Gasteiger partial charge in [0, 0.05) is 16.8 Å². The average Bonchev–Trinajstić information content (AvgIpc) is 2.64. The zero-order valence-corrected chi connectivity index (χ0v) is 19.0. The van der Waals surface area contributed by atoms with Crippen LogP contribution in [0, 0.1) is 11.3 Å². The summed E-state index contributed by atoms with van der Waals surface area (Å²) >= 11 is 0. The standard InChI is InChI=1S/C25H27F3N2O2/c1-23(2,3)19-12-15(13-20(21(19)31)24(4,5)6)11-16(14-29)22(32)30-18-9-7-17(8-10-18)25(26,27)28/h7-13,31H,1-6H3,(H,30,32). The molecule has 0 aliphatic rings. The van der Waals surface area contributed by atoms with E-state index in [9.17, 15) is 28.3 Å². The number of nitriles is 1. The van der Waals surface area contributed by atoms with Gasteiger partial charge in [-0.25, -0.2) is 0 Å². The molecule has 170 valence electrons. The number of aromatic hydroxyl groups is 1. The number of hydrogen-bond donors (Lipinski definition) is 2. The fourth-order valence-corrected chi connectivity index (χ4v) is 3.14. The van der Waals surface area contributed by atoms with Crippen molar-refractivity contribution in [2.45, 2.75) is 58.5 Å². The number of amides is 1. The van der Waals surface area contributed by atoms with Crippen LogP contribution in [0.15, 0.2) is 42.0 Å². The molecule has 0 heterocycles. The molecule has 32 heavy (non-hydrogen) atoms. The highest BCUT2D eigenvalue weighted by Gasteiger charge is 2.30. The van der Waals surface area contributed by atoms with Crippen molar-refractivity contribution in [3.8, 4) is 11.8 Å². The molecule has 1 amide bonds. The number of phenols is 1. The van der Waals surface area contributed by atoms with Crippen LogP contribution in [-0.2, 0) is 21.8 Å². The molecular weight excluding hydrogens is 417 g/mol. The van der Waals surface area contributed by atoms with E-state index in [1.54, 1.807) is 12.1 Å². The summed E-state index contributed by atoms with van der Waals surface area (Å²) in [6.45, 7) is 11.7. The first-order valence-electron chi connectivity index (χ1n) is 10.0. The molecule has 2 rings (SSSR count). The Bertz CT molecular complexity index is 1040.